The van der Waals surface area contributed by atoms with E-state index < -0.39 is 17.4 Å². The van der Waals surface area contributed by atoms with Gasteiger partial charge in [0, 0.05) is 19.3 Å². The molecule has 1 aliphatic rings. The average molecular weight is 408 g/mol. The van der Waals surface area contributed by atoms with Gasteiger partial charge in [0.25, 0.3) is 0 Å². The van der Waals surface area contributed by atoms with Gasteiger partial charge in [-0.3, -0.25) is 4.90 Å². The molecule has 8 nitrogen and oxygen atoms in total. The van der Waals surface area contributed by atoms with Crippen LogP contribution in [-0.2, 0) is 20.8 Å². The van der Waals surface area contributed by atoms with Crippen LogP contribution in [-0.4, -0.2) is 54.2 Å². The summed E-state index contributed by atoms with van der Waals surface area (Å²) in [6, 6.07) is 6.71. The number of carbonyl (C=O) groups excluding carboxylic acids is 2. The van der Waals surface area contributed by atoms with Gasteiger partial charge in [0.2, 0.25) is 0 Å². The lowest BCUT2D eigenvalue weighted by Crippen LogP contribution is -2.53. The number of rotatable bonds is 5. The smallest absolute Gasteiger partial charge is 0.412 e. The van der Waals surface area contributed by atoms with E-state index in [0.717, 1.165) is 5.56 Å². The van der Waals surface area contributed by atoms with Crippen molar-refractivity contribution in [2.24, 2.45) is 0 Å². The van der Waals surface area contributed by atoms with E-state index in [4.69, 9.17) is 14.2 Å². The number of hydrogen-bond acceptors (Lipinski definition) is 5. The summed E-state index contributed by atoms with van der Waals surface area (Å²) in [5.74, 6) is 0. The summed E-state index contributed by atoms with van der Waals surface area (Å²) in [5.41, 5.74) is 0.165. The second kappa shape index (κ2) is 9.00. The van der Waals surface area contributed by atoms with Gasteiger partial charge in [0.1, 0.15) is 11.3 Å². The first-order valence-electron chi connectivity index (χ1n) is 9.76. The van der Waals surface area contributed by atoms with Crippen LogP contribution in [0.25, 0.3) is 0 Å². The Hall–Kier alpha value is -2.32. The zero-order valence-corrected chi connectivity index (χ0v) is 18.4. The molecule has 0 bridgehead atoms. The second-order valence-corrected chi connectivity index (χ2v) is 8.66. The summed E-state index contributed by atoms with van der Waals surface area (Å²) >= 11 is 0. The number of carbonyl (C=O) groups is 2. The molecule has 1 aliphatic heterocycles. The van der Waals surface area contributed by atoms with Crippen LogP contribution in [0.2, 0.25) is 0 Å². The van der Waals surface area contributed by atoms with Gasteiger partial charge in [0.15, 0.2) is 0 Å². The average Bonchev–Trinajstić information content (AvgIpc) is 2.80. The van der Waals surface area contributed by atoms with Crippen molar-refractivity contribution in [2.75, 3.05) is 19.0 Å². The first-order chi connectivity index (χ1) is 13.4. The molecule has 8 heteroatoms. The van der Waals surface area contributed by atoms with Crippen molar-refractivity contribution >= 4 is 17.8 Å². The molecule has 0 radical (unpaired) electrons. The van der Waals surface area contributed by atoms with Gasteiger partial charge in [-0.25, -0.2) is 9.59 Å². The van der Waals surface area contributed by atoms with E-state index in [9.17, 15) is 9.59 Å². The van der Waals surface area contributed by atoms with Crippen molar-refractivity contribution in [1.82, 2.24) is 10.2 Å². The van der Waals surface area contributed by atoms with Gasteiger partial charge in [-0.2, -0.15) is 0 Å². The number of urea groups is 1. The fourth-order valence-electron chi connectivity index (χ4n) is 3.40. The minimum atomic E-state index is -0.834. The molecule has 0 spiro atoms. The Labute approximate surface area is 172 Å². The molecule has 162 valence electrons. The van der Waals surface area contributed by atoms with Crippen LogP contribution < -0.4 is 10.6 Å². The number of nitrogens with one attached hydrogen (secondary N) is 2. The number of hydrogen-bond donors (Lipinski definition) is 2. The molecule has 1 aromatic rings. The van der Waals surface area contributed by atoms with E-state index in [-0.39, 0.29) is 24.7 Å². The molecule has 2 N–H and O–H groups in total. The fourth-order valence-corrected chi connectivity index (χ4v) is 3.40. The van der Waals surface area contributed by atoms with Crippen molar-refractivity contribution in [2.45, 2.75) is 71.6 Å². The number of nitrogens with zero attached hydrogens (tertiary/aromatic N) is 1. The molecule has 1 fully saturated rings. The topological polar surface area (TPSA) is 89.1 Å². The third-order valence-corrected chi connectivity index (χ3v) is 4.49. The van der Waals surface area contributed by atoms with Gasteiger partial charge in [-0.1, -0.05) is 12.1 Å². The van der Waals surface area contributed by atoms with Crippen molar-refractivity contribution in [3.8, 4) is 0 Å². The Bertz CT molecular complexity index is 729. The highest BCUT2D eigenvalue weighted by molar-refractivity contribution is 5.89. The van der Waals surface area contributed by atoms with Gasteiger partial charge in [-0.05, 0) is 59.2 Å². The summed E-state index contributed by atoms with van der Waals surface area (Å²) in [7, 11) is 1.62. The lowest BCUT2D eigenvalue weighted by molar-refractivity contribution is -0.0756. The maximum atomic E-state index is 12.8. The minimum absolute atomic E-state index is 0.230. The molecule has 1 aromatic carbocycles. The van der Waals surface area contributed by atoms with Crippen LogP contribution in [0.4, 0.5) is 15.3 Å². The highest BCUT2D eigenvalue weighted by atomic mass is 16.6. The SMILES string of the molecule is COCc1cccc(NC(=O)NCC2C(C)OC(C)(C)N2C(=O)OC(C)(C)C)c1. The first-order valence-corrected chi connectivity index (χ1v) is 9.76. The lowest BCUT2D eigenvalue weighted by Gasteiger charge is -2.35. The van der Waals surface area contributed by atoms with Gasteiger partial charge in [0.05, 0.1) is 18.8 Å². The summed E-state index contributed by atoms with van der Waals surface area (Å²) in [6.07, 6.45) is -0.728. The van der Waals surface area contributed by atoms with Crippen LogP contribution >= 0.6 is 0 Å². The van der Waals surface area contributed by atoms with Crippen LogP contribution in [0.1, 0.15) is 47.1 Å². The van der Waals surface area contributed by atoms with Gasteiger partial charge < -0.3 is 24.8 Å². The van der Waals surface area contributed by atoms with E-state index in [1.807, 2.05) is 59.7 Å². The molecule has 0 aromatic heterocycles. The molecule has 3 amide bonds. The Morgan fingerprint density at radius 2 is 1.97 bits per heavy atom. The summed E-state index contributed by atoms with van der Waals surface area (Å²) < 4.78 is 16.6. The largest absolute Gasteiger partial charge is 0.444 e. The zero-order chi connectivity index (χ0) is 21.8. The van der Waals surface area contributed by atoms with Crippen LogP contribution in [0.15, 0.2) is 24.3 Å². The molecule has 1 saturated heterocycles. The molecule has 2 rings (SSSR count). The summed E-state index contributed by atoms with van der Waals surface area (Å²) in [6.45, 7) is 11.7. The Balaban J connectivity index is 2.02. The van der Waals surface area contributed by atoms with Gasteiger partial charge >= 0.3 is 12.1 Å². The molecule has 1 heterocycles. The van der Waals surface area contributed by atoms with Crippen molar-refractivity contribution < 1.29 is 23.8 Å². The standard InChI is InChI=1S/C21H33N3O5/c1-14-17(24(21(5,6)28-14)19(26)29-20(2,3)4)12-22-18(25)23-16-10-8-9-15(11-16)13-27-7/h8-11,14,17H,12-13H2,1-7H3,(H2,22,23,25). The highest BCUT2D eigenvalue weighted by Crippen LogP contribution is 2.33. The third-order valence-electron chi connectivity index (χ3n) is 4.49. The fraction of sp³-hybridized carbons (Fsp3) is 0.619. The maximum Gasteiger partial charge on any atom is 0.412 e. The van der Waals surface area contributed by atoms with E-state index >= 15 is 0 Å². The molecule has 2 unspecified atom stereocenters. The number of benzene rings is 1. The number of anilines is 1. The predicted molar refractivity (Wildman–Crippen MR) is 111 cm³/mol. The summed E-state index contributed by atoms with van der Waals surface area (Å²) in [5, 5.41) is 5.63. The van der Waals surface area contributed by atoms with E-state index in [2.05, 4.69) is 10.6 Å². The van der Waals surface area contributed by atoms with E-state index in [1.54, 1.807) is 18.1 Å². The molecule has 0 saturated carbocycles. The first kappa shape index (κ1) is 23.0. The minimum Gasteiger partial charge on any atom is -0.444 e. The third kappa shape index (κ3) is 6.33. The zero-order valence-electron chi connectivity index (χ0n) is 18.4. The van der Waals surface area contributed by atoms with Crippen molar-refractivity contribution in [3.05, 3.63) is 29.8 Å². The van der Waals surface area contributed by atoms with Crippen molar-refractivity contribution in [3.63, 3.8) is 0 Å². The van der Waals surface area contributed by atoms with Gasteiger partial charge in [-0.15, -0.1) is 0 Å². The number of methoxy groups -OCH3 is 1. The predicted octanol–water partition coefficient (Wildman–Crippen LogP) is 3.72. The normalized spacial score (nSPS) is 21.0. The molecule has 0 aliphatic carbocycles. The van der Waals surface area contributed by atoms with Crippen LogP contribution in [0, 0.1) is 0 Å². The van der Waals surface area contributed by atoms with Crippen LogP contribution in [0.5, 0.6) is 0 Å². The monoisotopic (exact) mass is 407 g/mol. The highest BCUT2D eigenvalue weighted by Gasteiger charge is 2.49. The van der Waals surface area contributed by atoms with E-state index in [1.165, 1.54) is 0 Å². The Kier molecular flexibility index (Phi) is 7.13. The molecular weight excluding hydrogens is 374 g/mol. The summed E-state index contributed by atoms with van der Waals surface area (Å²) in [4.78, 5) is 26.7. The Morgan fingerprint density at radius 3 is 2.59 bits per heavy atom. The lowest BCUT2D eigenvalue weighted by atomic mass is 10.1. The maximum absolute atomic E-state index is 12.8. The van der Waals surface area contributed by atoms with Crippen LogP contribution in [0.3, 0.4) is 0 Å². The number of amides is 3. The molecular formula is C21H33N3O5. The van der Waals surface area contributed by atoms with Crippen molar-refractivity contribution in [1.29, 1.82) is 0 Å². The Morgan fingerprint density at radius 1 is 1.28 bits per heavy atom. The second-order valence-electron chi connectivity index (χ2n) is 8.66. The quantitative estimate of drug-likeness (QED) is 0.777. The molecule has 2 atom stereocenters. The number of ether oxygens (including phenoxy) is 3. The van der Waals surface area contributed by atoms with E-state index in [0.29, 0.717) is 12.3 Å². The molecule has 29 heavy (non-hydrogen) atoms.